The summed E-state index contributed by atoms with van der Waals surface area (Å²) in [5.74, 6) is 1.19. The fourth-order valence-corrected chi connectivity index (χ4v) is 2.91. The van der Waals surface area contributed by atoms with Gasteiger partial charge in [0.25, 0.3) is 5.89 Å². The summed E-state index contributed by atoms with van der Waals surface area (Å²) in [6.07, 6.45) is 2.66. The van der Waals surface area contributed by atoms with Crippen molar-refractivity contribution in [3.8, 4) is 11.5 Å². The van der Waals surface area contributed by atoms with Crippen LogP contribution < -0.4 is 5.32 Å². The highest BCUT2D eigenvalue weighted by atomic mass is 16.5. The number of aromatic nitrogens is 2. The number of hydrogen-bond acceptors (Lipinski definition) is 5. The molecule has 0 unspecified atom stereocenters. The smallest absolute Gasteiger partial charge is 0.258 e. The van der Waals surface area contributed by atoms with Crippen molar-refractivity contribution < 1.29 is 9.26 Å². The Morgan fingerprint density at radius 3 is 2.86 bits per heavy atom. The Bertz CT molecular complexity index is 624. The average molecular weight is 287 g/mol. The number of hydrogen-bond donors (Lipinski definition) is 1. The second-order valence-corrected chi connectivity index (χ2v) is 5.38. The molecule has 0 saturated heterocycles. The van der Waals surface area contributed by atoms with E-state index in [1.807, 2.05) is 6.07 Å². The Kier molecular flexibility index (Phi) is 3.68. The number of benzene rings is 1. The molecule has 1 aromatic heterocycles. The molecule has 0 saturated carbocycles. The van der Waals surface area contributed by atoms with Gasteiger partial charge in [0, 0.05) is 24.9 Å². The maximum Gasteiger partial charge on any atom is 0.258 e. The zero-order chi connectivity index (χ0) is 14.9. The first-order valence-electron chi connectivity index (χ1n) is 7.49. The van der Waals surface area contributed by atoms with Crippen LogP contribution in [0, 0.1) is 0 Å². The summed E-state index contributed by atoms with van der Waals surface area (Å²) in [4.78, 5) is 4.57. The number of fused-ring (bicyclic) bond motifs is 1. The zero-order valence-corrected chi connectivity index (χ0v) is 12.8. The molecule has 2 heterocycles. The lowest BCUT2D eigenvalue weighted by atomic mass is 9.96. The van der Waals surface area contributed by atoms with Crippen molar-refractivity contribution >= 4 is 5.69 Å². The summed E-state index contributed by atoms with van der Waals surface area (Å²) in [5, 5.41) is 7.49. The first-order chi connectivity index (χ1) is 10.2. The molecule has 1 aliphatic heterocycles. The quantitative estimate of drug-likeness (QED) is 0.913. The van der Waals surface area contributed by atoms with E-state index in [-0.39, 0.29) is 0 Å². The predicted octanol–water partition coefficient (Wildman–Crippen LogP) is 3.37. The van der Waals surface area contributed by atoms with E-state index in [0.717, 1.165) is 31.4 Å². The third-order valence-corrected chi connectivity index (χ3v) is 4.43. The number of rotatable bonds is 5. The molecule has 0 amide bonds. The molecule has 1 N–H and O–H groups in total. The van der Waals surface area contributed by atoms with Gasteiger partial charge in [-0.3, -0.25) is 0 Å². The van der Waals surface area contributed by atoms with Gasteiger partial charge in [0.05, 0.1) is 0 Å². The molecule has 1 aliphatic rings. The van der Waals surface area contributed by atoms with Crippen molar-refractivity contribution in [3.05, 3.63) is 29.6 Å². The summed E-state index contributed by atoms with van der Waals surface area (Å²) in [5.41, 5.74) is 3.01. The maximum absolute atomic E-state index is 5.65. The number of nitrogens with one attached hydrogen (secondary N) is 1. The van der Waals surface area contributed by atoms with Crippen LogP contribution in [0.3, 0.4) is 0 Å². The Morgan fingerprint density at radius 1 is 1.33 bits per heavy atom. The second-order valence-electron chi connectivity index (χ2n) is 5.38. The van der Waals surface area contributed by atoms with Gasteiger partial charge in [-0.1, -0.05) is 19.0 Å². The molecule has 3 rings (SSSR count). The van der Waals surface area contributed by atoms with E-state index in [1.54, 1.807) is 7.11 Å². The van der Waals surface area contributed by atoms with Gasteiger partial charge in [-0.2, -0.15) is 4.98 Å². The summed E-state index contributed by atoms with van der Waals surface area (Å²) in [6.45, 7) is 5.14. The van der Waals surface area contributed by atoms with E-state index in [2.05, 4.69) is 41.4 Å². The highest BCUT2D eigenvalue weighted by Crippen LogP contribution is 2.33. The Labute approximate surface area is 124 Å². The number of nitrogens with zero attached hydrogens (tertiary/aromatic N) is 2. The normalized spacial score (nSPS) is 14.0. The topological polar surface area (TPSA) is 60.2 Å². The van der Waals surface area contributed by atoms with Crippen LogP contribution in [0.4, 0.5) is 5.69 Å². The van der Waals surface area contributed by atoms with Crippen molar-refractivity contribution in [1.82, 2.24) is 10.1 Å². The van der Waals surface area contributed by atoms with Crippen LogP contribution in [-0.2, 0) is 16.8 Å². The van der Waals surface area contributed by atoms with E-state index < -0.39 is 5.60 Å². The van der Waals surface area contributed by atoms with Crippen LogP contribution in [0.1, 0.15) is 38.1 Å². The third kappa shape index (κ3) is 2.31. The fraction of sp³-hybridized carbons (Fsp3) is 0.500. The molecule has 0 bridgehead atoms. The molecule has 0 aliphatic carbocycles. The van der Waals surface area contributed by atoms with Gasteiger partial charge < -0.3 is 14.6 Å². The second kappa shape index (κ2) is 5.48. The summed E-state index contributed by atoms with van der Waals surface area (Å²) >= 11 is 0. The number of anilines is 1. The molecule has 2 aromatic rings. The minimum absolute atomic E-state index is 0.458. The largest absolute Gasteiger partial charge is 0.384 e. The van der Waals surface area contributed by atoms with E-state index in [1.165, 1.54) is 11.3 Å². The standard InChI is InChI=1S/C16H21N3O2/c1-4-16(5-2,20-3)15-18-14(21-19-15)12-6-7-13-11(10-12)8-9-17-13/h6-7,10,17H,4-5,8-9H2,1-3H3. The van der Waals surface area contributed by atoms with Crippen LogP contribution in [-0.4, -0.2) is 23.8 Å². The summed E-state index contributed by atoms with van der Waals surface area (Å²) in [7, 11) is 1.70. The zero-order valence-electron chi connectivity index (χ0n) is 12.8. The molecule has 5 heteroatoms. The SMILES string of the molecule is CCC(CC)(OC)c1noc(-c2ccc3c(c2)CCN3)n1. The van der Waals surface area contributed by atoms with Crippen LogP contribution >= 0.6 is 0 Å². The molecular weight excluding hydrogens is 266 g/mol. The number of ether oxygens (including phenoxy) is 1. The summed E-state index contributed by atoms with van der Waals surface area (Å²) < 4.78 is 11.1. The molecule has 0 spiro atoms. The monoisotopic (exact) mass is 287 g/mol. The lowest BCUT2D eigenvalue weighted by Crippen LogP contribution is -2.28. The fourth-order valence-electron chi connectivity index (χ4n) is 2.91. The van der Waals surface area contributed by atoms with Gasteiger partial charge in [0.15, 0.2) is 0 Å². The van der Waals surface area contributed by atoms with Crippen LogP contribution in [0.2, 0.25) is 0 Å². The Balaban J connectivity index is 1.95. The van der Waals surface area contributed by atoms with E-state index in [9.17, 15) is 0 Å². The minimum atomic E-state index is -0.458. The van der Waals surface area contributed by atoms with Gasteiger partial charge in [-0.15, -0.1) is 0 Å². The maximum atomic E-state index is 5.65. The Hall–Kier alpha value is -1.88. The lowest BCUT2D eigenvalue weighted by Gasteiger charge is -2.25. The van der Waals surface area contributed by atoms with Gasteiger partial charge in [-0.25, -0.2) is 0 Å². The van der Waals surface area contributed by atoms with Gasteiger partial charge in [-0.05, 0) is 43.0 Å². The molecule has 0 atom stereocenters. The first-order valence-corrected chi connectivity index (χ1v) is 7.49. The third-order valence-electron chi connectivity index (χ3n) is 4.43. The molecular formula is C16H21N3O2. The van der Waals surface area contributed by atoms with Crippen LogP contribution in [0.5, 0.6) is 0 Å². The highest BCUT2D eigenvalue weighted by Gasteiger charge is 2.33. The van der Waals surface area contributed by atoms with Crippen molar-refractivity contribution in [3.63, 3.8) is 0 Å². The minimum Gasteiger partial charge on any atom is -0.384 e. The van der Waals surface area contributed by atoms with Crippen molar-refractivity contribution in [2.75, 3.05) is 19.0 Å². The van der Waals surface area contributed by atoms with E-state index >= 15 is 0 Å². The van der Waals surface area contributed by atoms with Crippen LogP contribution in [0.15, 0.2) is 22.7 Å². The van der Waals surface area contributed by atoms with Gasteiger partial charge in [0.1, 0.15) is 5.60 Å². The molecule has 112 valence electrons. The highest BCUT2D eigenvalue weighted by molar-refractivity contribution is 5.65. The number of methoxy groups -OCH3 is 1. The van der Waals surface area contributed by atoms with E-state index in [0.29, 0.717) is 11.7 Å². The van der Waals surface area contributed by atoms with Crippen molar-refractivity contribution in [1.29, 1.82) is 0 Å². The van der Waals surface area contributed by atoms with Gasteiger partial charge >= 0.3 is 0 Å². The first kappa shape index (κ1) is 14.1. The molecule has 0 radical (unpaired) electrons. The van der Waals surface area contributed by atoms with Crippen molar-refractivity contribution in [2.45, 2.75) is 38.7 Å². The van der Waals surface area contributed by atoms with Crippen molar-refractivity contribution in [2.24, 2.45) is 0 Å². The molecule has 1 aromatic carbocycles. The predicted molar refractivity (Wildman–Crippen MR) is 81.2 cm³/mol. The van der Waals surface area contributed by atoms with E-state index in [4.69, 9.17) is 9.26 Å². The molecule has 0 fully saturated rings. The lowest BCUT2D eigenvalue weighted by molar-refractivity contribution is -0.0306. The molecule has 5 nitrogen and oxygen atoms in total. The molecule has 21 heavy (non-hydrogen) atoms. The average Bonchev–Trinajstić information content (AvgIpc) is 3.18. The summed E-state index contributed by atoms with van der Waals surface area (Å²) in [6, 6.07) is 6.21. The van der Waals surface area contributed by atoms with Crippen LogP contribution in [0.25, 0.3) is 11.5 Å². The van der Waals surface area contributed by atoms with Gasteiger partial charge in [0.2, 0.25) is 5.82 Å². The Morgan fingerprint density at radius 2 is 2.14 bits per heavy atom.